The Balaban J connectivity index is 1.86. The summed E-state index contributed by atoms with van der Waals surface area (Å²) in [4.78, 5) is 25.7. The minimum atomic E-state index is -3.90. The average molecular weight is 465 g/mol. The van der Waals surface area contributed by atoms with Gasteiger partial charge in [-0.05, 0) is 65.5 Å². The molecule has 0 radical (unpaired) electrons. The van der Waals surface area contributed by atoms with E-state index in [9.17, 15) is 18.0 Å². The molecule has 0 fully saturated rings. The number of carbonyl (C=O) groups excluding carboxylic acids is 2. The molecule has 0 bridgehead atoms. The van der Waals surface area contributed by atoms with Crippen LogP contribution >= 0.6 is 15.9 Å². The molecule has 148 valence electrons. The van der Waals surface area contributed by atoms with Crippen LogP contribution in [0.25, 0.3) is 0 Å². The van der Waals surface area contributed by atoms with E-state index in [4.69, 9.17) is 0 Å². The Bertz CT molecular complexity index is 1080. The maximum absolute atomic E-state index is 12.9. The summed E-state index contributed by atoms with van der Waals surface area (Å²) in [6, 6.07) is 8.72. The van der Waals surface area contributed by atoms with Crippen LogP contribution in [0, 0.1) is 13.8 Å². The number of anilines is 2. The van der Waals surface area contributed by atoms with Gasteiger partial charge in [-0.15, -0.1) is 0 Å². The molecule has 1 aliphatic heterocycles. The van der Waals surface area contributed by atoms with Crippen molar-refractivity contribution in [3.63, 3.8) is 0 Å². The van der Waals surface area contributed by atoms with Crippen LogP contribution in [0.4, 0.5) is 11.4 Å². The van der Waals surface area contributed by atoms with E-state index in [2.05, 4.69) is 21.2 Å². The van der Waals surface area contributed by atoms with Crippen molar-refractivity contribution in [2.45, 2.75) is 32.1 Å². The summed E-state index contributed by atoms with van der Waals surface area (Å²) < 4.78 is 26.1. The zero-order chi connectivity index (χ0) is 20.6. The molecule has 0 saturated heterocycles. The van der Waals surface area contributed by atoms with Crippen LogP contribution in [0.2, 0.25) is 0 Å². The van der Waals surface area contributed by atoms with E-state index in [1.54, 1.807) is 17.0 Å². The maximum Gasteiger partial charge on any atom is 0.239 e. The van der Waals surface area contributed by atoms with Gasteiger partial charge in [-0.3, -0.25) is 9.59 Å². The standard InChI is InChI=1S/C20H21BrN2O4S/c1-12-4-5-17(13(2)8-12)22-20(25)11-28(26,27)19-10-18-15(9-16(19)21)6-7-23(18)14(3)24/h4-5,8-10H,6-7,11H2,1-3H3,(H,22,25). The van der Waals surface area contributed by atoms with Gasteiger partial charge in [0.15, 0.2) is 9.84 Å². The predicted molar refractivity (Wildman–Crippen MR) is 112 cm³/mol. The van der Waals surface area contributed by atoms with Crippen LogP contribution in [-0.4, -0.2) is 32.5 Å². The van der Waals surface area contributed by atoms with Gasteiger partial charge in [-0.1, -0.05) is 17.7 Å². The number of fused-ring (bicyclic) bond motifs is 1. The molecule has 6 nitrogen and oxygen atoms in total. The third-order valence-corrected chi connectivity index (χ3v) is 7.29. The van der Waals surface area contributed by atoms with E-state index in [-0.39, 0.29) is 10.8 Å². The van der Waals surface area contributed by atoms with Gasteiger partial charge >= 0.3 is 0 Å². The second kappa shape index (κ2) is 7.67. The van der Waals surface area contributed by atoms with Gasteiger partial charge < -0.3 is 10.2 Å². The molecule has 3 rings (SSSR count). The topological polar surface area (TPSA) is 83.6 Å². The Hall–Kier alpha value is -2.19. The Morgan fingerprint density at radius 2 is 1.89 bits per heavy atom. The summed E-state index contributed by atoms with van der Waals surface area (Å²) in [7, 11) is -3.90. The predicted octanol–water partition coefficient (Wildman–Crippen LogP) is 3.39. The van der Waals surface area contributed by atoms with Gasteiger partial charge in [0, 0.05) is 29.3 Å². The highest BCUT2D eigenvalue weighted by atomic mass is 79.9. The normalized spacial score (nSPS) is 13.4. The van der Waals surface area contributed by atoms with Crippen molar-refractivity contribution in [2.75, 3.05) is 22.5 Å². The van der Waals surface area contributed by atoms with Crippen molar-refractivity contribution >= 4 is 49.0 Å². The Morgan fingerprint density at radius 1 is 1.18 bits per heavy atom. The number of benzene rings is 2. The van der Waals surface area contributed by atoms with Crippen molar-refractivity contribution in [3.8, 4) is 0 Å². The Labute approximate surface area is 173 Å². The minimum Gasteiger partial charge on any atom is -0.325 e. The summed E-state index contributed by atoms with van der Waals surface area (Å²) in [6.45, 7) is 5.76. The third kappa shape index (κ3) is 4.12. The lowest BCUT2D eigenvalue weighted by Gasteiger charge is -2.16. The van der Waals surface area contributed by atoms with Gasteiger partial charge in [-0.2, -0.15) is 0 Å². The Morgan fingerprint density at radius 3 is 2.54 bits per heavy atom. The van der Waals surface area contributed by atoms with E-state index >= 15 is 0 Å². The van der Waals surface area contributed by atoms with E-state index < -0.39 is 21.5 Å². The monoisotopic (exact) mass is 464 g/mol. The fourth-order valence-corrected chi connectivity index (χ4v) is 5.69. The van der Waals surface area contributed by atoms with Crippen LogP contribution in [0.5, 0.6) is 0 Å². The smallest absolute Gasteiger partial charge is 0.239 e. The molecule has 0 atom stereocenters. The number of nitrogens with one attached hydrogen (secondary N) is 1. The Kier molecular flexibility index (Phi) is 5.63. The van der Waals surface area contributed by atoms with Gasteiger partial charge in [0.25, 0.3) is 0 Å². The van der Waals surface area contributed by atoms with Crippen LogP contribution < -0.4 is 10.2 Å². The van der Waals surface area contributed by atoms with Crippen molar-refractivity contribution in [3.05, 3.63) is 51.5 Å². The lowest BCUT2D eigenvalue weighted by Crippen LogP contribution is -2.26. The van der Waals surface area contributed by atoms with E-state index in [0.717, 1.165) is 16.7 Å². The fraction of sp³-hybridized carbons (Fsp3) is 0.300. The number of hydrogen-bond acceptors (Lipinski definition) is 4. The number of amides is 2. The molecule has 0 unspecified atom stereocenters. The van der Waals surface area contributed by atoms with Crippen molar-refractivity contribution in [1.29, 1.82) is 0 Å². The molecular formula is C20H21BrN2O4S. The molecule has 28 heavy (non-hydrogen) atoms. The van der Waals surface area contributed by atoms with Gasteiger partial charge in [0.1, 0.15) is 5.75 Å². The largest absolute Gasteiger partial charge is 0.325 e. The number of nitrogens with zero attached hydrogens (tertiary/aromatic N) is 1. The summed E-state index contributed by atoms with van der Waals surface area (Å²) in [5.41, 5.74) is 3.99. The SMILES string of the molecule is CC(=O)N1CCc2cc(Br)c(S(=O)(=O)CC(=O)Nc3ccc(C)cc3C)cc21. The van der Waals surface area contributed by atoms with Crippen molar-refractivity contribution < 1.29 is 18.0 Å². The number of rotatable bonds is 4. The van der Waals surface area contributed by atoms with Crippen LogP contribution in [-0.2, 0) is 25.8 Å². The number of halogens is 1. The first-order valence-electron chi connectivity index (χ1n) is 8.79. The molecule has 0 spiro atoms. The van der Waals surface area contributed by atoms with Gasteiger partial charge in [0.2, 0.25) is 11.8 Å². The first-order chi connectivity index (χ1) is 13.1. The maximum atomic E-state index is 12.9. The van der Waals surface area contributed by atoms with Crippen LogP contribution in [0.1, 0.15) is 23.6 Å². The lowest BCUT2D eigenvalue weighted by atomic mass is 10.1. The molecule has 0 aromatic heterocycles. The number of hydrogen-bond donors (Lipinski definition) is 1. The first-order valence-corrected chi connectivity index (χ1v) is 11.2. The first kappa shape index (κ1) is 20.5. The average Bonchev–Trinajstić information content (AvgIpc) is 2.99. The zero-order valence-corrected chi connectivity index (χ0v) is 18.3. The lowest BCUT2D eigenvalue weighted by molar-refractivity contribution is -0.116. The zero-order valence-electron chi connectivity index (χ0n) is 15.9. The highest BCUT2D eigenvalue weighted by molar-refractivity contribution is 9.10. The fourth-order valence-electron chi connectivity index (χ4n) is 3.34. The summed E-state index contributed by atoms with van der Waals surface area (Å²) in [6.07, 6.45) is 0.668. The van der Waals surface area contributed by atoms with Crippen LogP contribution in [0.3, 0.4) is 0 Å². The summed E-state index contributed by atoms with van der Waals surface area (Å²) in [5, 5.41) is 2.66. The summed E-state index contributed by atoms with van der Waals surface area (Å²) >= 11 is 3.30. The number of sulfone groups is 1. The molecule has 1 N–H and O–H groups in total. The molecule has 2 amide bonds. The number of aryl methyl sites for hydroxylation is 2. The molecule has 1 aliphatic rings. The van der Waals surface area contributed by atoms with Gasteiger partial charge in [-0.25, -0.2) is 8.42 Å². The molecule has 2 aromatic rings. The second-order valence-corrected chi connectivity index (χ2v) is 9.77. The molecule has 1 heterocycles. The van der Waals surface area contributed by atoms with E-state index in [1.807, 2.05) is 26.0 Å². The summed E-state index contributed by atoms with van der Waals surface area (Å²) in [5.74, 6) is -1.43. The highest BCUT2D eigenvalue weighted by Gasteiger charge is 2.28. The highest BCUT2D eigenvalue weighted by Crippen LogP contribution is 2.36. The minimum absolute atomic E-state index is 0.00942. The quantitative estimate of drug-likeness (QED) is 0.751. The molecular weight excluding hydrogens is 444 g/mol. The molecule has 8 heteroatoms. The molecule has 2 aromatic carbocycles. The van der Waals surface area contributed by atoms with E-state index in [1.165, 1.54) is 13.0 Å². The van der Waals surface area contributed by atoms with Crippen LogP contribution in [0.15, 0.2) is 39.7 Å². The number of carbonyl (C=O) groups is 2. The van der Waals surface area contributed by atoms with Crippen molar-refractivity contribution in [2.24, 2.45) is 0 Å². The second-order valence-electron chi connectivity index (χ2n) is 6.96. The molecule has 0 aliphatic carbocycles. The van der Waals surface area contributed by atoms with E-state index in [0.29, 0.717) is 28.8 Å². The molecule has 0 saturated carbocycles. The van der Waals surface area contributed by atoms with Gasteiger partial charge in [0.05, 0.1) is 4.90 Å². The van der Waals surface area contributed by atoms with Crippen molar-refractivity contribution in [1.82, 2.24) is 0 Å². The third-order valence-electron chi connectivity index (χ3n) is 4.72.